The molecular formula is C20H23N3O2S. The van der Waals surface area contributed by atoms with Crippen LogP contribution in [0, 0.1) is 0 Å². The molecule has 0 aliphatic heterocycles. The Hall–Kier alpha value is -2.02. The highest BCUT2D eigenvalue weighted by atomic mass is 32.1. The van der Waals surface area contributed by atoms with Crippen LogP contribution in [0.4, 0.5) is 5.82 Å². The van der Waals surface area contributed by atoms with E-state index in [1.165, 1.54) is 0 Å². The van der Waals surface area contributed by atoms with Gasteiger partial charge in [0.25, 0.3) is 0 Å². The van der Waals surface area contributed by atoms with E-state index in [2.05, 4.69) is 32.8 Å². The Kier molecular flexibility index (Phi) is 4.89. The number of fused-ring (bicyclic) bond motifs is 1. The van der Waals surface area contributed by atoms with Crippen LogP contribution in [-0.2, 0) is 11.3 Å². The summed E-state index contributed by atoms with van der Waals surface area (Å²) in [5, 5.41) is 17.3. The number of nitrogens with zero attached hydrogens (tertiary/aromatic N) is 2. The molecule has 26 heavy (non-hydrogen) atoms. The standard InChI is InChI=1S/C20H23N3O2S/c1-25-11-16-22-18(21-13-20(24)9-5-6-10-20)17-15(12-26-19(17)23-16)14-7-3-2-4-8-14/h2-4,7-8,12,24H,5-6,9-11,13H2,1H3,(H,21,22,23). The van der Waals surface area contributed by atoms with Gasteiger partial charge in [-0.2, -0.15) is 0 Å². The molecule has 3 aromatic rings. The van der Waals surface area contributed by atoms with Crippen LogP contribution < -0.4 is 5.32 Å². The van der Waals surface area contributed by atoms with Gasteiger partial charge in [-0.05, 0) is 18.4 Å². The molecule has 0 atom stereocenters. The van der Waals surface area contributed by atoms with Crippen LogP contribution in [0.5, 0.6) is 0 Å². The molecule has 4 rings (SSSR count). The van der Waals surface area contributed by atoms with Crippen LogP contribution in [0.3, 0.4) is 0 Å². The Morgan fingerprint density at radius 2 is 1.96 bits per heavy atom. The molecule has 0 unspecified atom stereocenters. The summed E-state index contributed by atoms with van der Waals surface area (Å²) in [6.45, 7) is 0.878. The molecule has 0 saturated heterocycles. The molecule has 0 radical (unpaired) electrons. The lowest BCUT2D eigenvalue weighted by Crippen LogP contribution is -2.33. The number of nitrogens with one attached hydrogen (secondary N) is 1. The molecule has 2 heterocycles. The van der Waals surface area contributed by atoms with Crippen LogP contribution in [0.25, 0.3) is 21.3 Å². The molecule has 0 spiro atoms. The summed E-state index contributed by atoms with van der Waals surface area (Å²) in [5.41, 5.74) is 1.63. The zero-order valence-corrected chi connectivity index (χ0v) is 15.7. The molecule has 136 valence electrons. The first-order chi connectivity index (χ1) is 12.7. The van der Waals surface area contributed by atoms with Gasteiger partial charge in [0, 0.05) is 24.6 Å². The lowest BCUT2D eigenvalue weighted by atomic mass is 10.0. The van der Waals surface area contributed by atoms with E-state index in [1.54, 1.807) is 18.4 Å². The molecule has 1 aliphatic carbocycles. The minimum absolute atomic E-state index is 0.369. The van der Waals surface area contributed by atoms with Crippen molar-refractivity contribution in [2.75, 3.05) is 19.0 Å². The van der Waals surface area contributed by atoms with Gasteiger partial charge in [-0.1, -0.05) is 43.2 Å². The van der Waals surface area contributed by atoms with Crippen molar-refractivity contribution in [2.24, 2.45) is 0 Å². The van der Waals surface area contributed by atoms with Gasteiger partial charge in [0.05, 0.1) is 11.0 Å². The van der Waals surface area contributed by atoms with E-state index in [1.807, 2.05) is 18.2 Å². The van der Waals surface area contributed by atoms with Crippen molar-refractivity contribution in [1.29, 1.82) is 0 Å². The maximum atomic E-state index is 10.7. The van der Waals surface area contributed by atoms with E-state index in [-0.39, 0.29) is 0 Å². The fourth-order valence-corrected chi connectivity index (χ4v) is 4.56. The Morgan fingerprint density at radius 3 is 2.69 bits per heavy atom. The summed E-state index contributed by atoms with van der Waals surface area (Å²) in [6, 6.07) is 10.3. The number of thiophene rings is 1. The molecule has 1 saturated carbocycles. The lowest BCUT2D eigenvalue weighted by Gasteiger charge is -2.23. The third-order valence-corrected chi connectivity index (χ3v) is 5.83. The van der Waals surface area contributed by atoms with Crippen molar-refractivity contribution >= 4 is 27.4 Å². The summed E-state index contributed by atoms with van der Waals surface area (Å²) in [5.74, 6) is 1.44. The average molecular weight is 369 g/mol. The highest BCUT2D eigenvalue weighted by molar-refractivity contribution is 7.17. The maximum absolute atomic E-state index is 10.7. The topological polar surface area (TPSA) is 67.3 Å². The smallest absolute Gasteiger partial charge is 0.158 e. The predicted octanol–water partition coefficient (Wildman–Crippen LogP) is 4.22. The van der Waals surface area contributed by atoms with Gasteiger partial charge < -0.3 is 15.2 Å². The molecule has 5 nitrogen and oxygen atoms in total. The number of hydrogen-bond acceptors (Lipinski definition) is 6. The molecule has 6 heteroatoms. The first-order valence-electron chi connectivity index (χ1n) is 8.97. The SMILES string of the molecule is COCc1nc(NCC2(O)CCCC2)c2c(-c3ccccc3)csc2n1. The monoisotopic (exact) mass is 369 g/mol. The minimum atomic E-state index is -0.637. The van der Waals surface area contributed by atoms with Crippen LogP contribution in [0.1, 0.15) is 31.5 Å². The van der Waals surface area contributed by atoms with Gasteiger partial charge >= 0.3 is 0 Å². The quantitative estimate of drug-likeness (QED) is 0.681. The predicted molar refractivity (Wildman–Crippen MR) is 105 cm³/mol. The summed E-state index contributed by atoms with van der Waals surface area (Å²) < 4.78 is 5.22. The van der Waals surface area contributed by atoms with E-state index in [0.717, 1.165) is 52.8 Å². The summed E-state index contributed by atoms with van der Waals surface area (Å²) in [6.07, 6.45) is 3.85. The van der Waals surface area contributed by atoms with Crippen molar-refractivity contribution in [3.63, 3.8) is 0 Å². The number of hydrogen-bond donors (Lipinski definition) is 2. The van der Waals surface area contributed by atoms with Crippen LogP contribution >= 0.6 is 11.3 Å². The Morgan fingerprint density at radius 1 is 1.19 bits per heavy atom. The van der Waals surface area contributed by atoms with Crippen molar-refractivity contribution in [2.45, 2.75) is 37.9 Å². The van der Waals surface area contributed by atoms with Crippen LogP contribution in [0.2, 0.25) is 0 Å². The lowest BCUT2D eigenvalue weighted by molar-refractivity contribution is 0.0614. The average Bonchev–Trinajstić information content (AvgIpc) is 3.28. The molecule has 0 bridgehead atoms. The molecule has 2 N–H and O–H groups in total. The minimum Gasteiger partial charge on any atom is -0.388 e. The second kappa shape index (κ2) is 7.31. The van der Waals surface area contributed by atoms with E-state index >= 15 is 0 Å². The van der Waals surface area contributed by atoms with Gasteiger partial charge in [0.1, 0.15) is 17.3 Å². The number of aliphatic hydroxyl groups is 1. The largest absolute Gasteiger partial charge is 0.388 e. The van der Waals surface area contributed by atoms with Crippen LogP contribution in [-0.4, -0.2) is 34.3 Å². The van der Waals surface area contributed by atoms with Gasteiger partial charge in [0.15, 0.2) is 5.82 Å². The Balaban J connectivity index is 1.75. The number of aromatic nitrogens is 2. The summed E-state index contributed by atoms with van der Waals surface area (Å²) in [7, 11) is 1.64. The third kappa shape index (κ3) is 3.45. The first kappa shape index (κ1) is 17.4. The van der Waals surface area contributed by atoms with Gasteiger partial charge in [-0.15, -0.1) is 11.3 Å². The van der Waals surface area contributed by atoms with Crippen molar-refractivity contribution in [3.8, 4) is 11.1 Å². The third-order valence-electron chi connectivity index (χ3n) is 4.96. The summed E-state index contributed by atoms with van der Waals surface area (Å²) in [4.78, 5) is 10.3. The number of ether oxygens (including phenoxy) is 1. The fraction of sp³-hybridized carbons (Fsp3) is 0.400. The Labute approximate surface area is 157 Å². The van der Waals surface area contributed by atoms with E-state index in [4.69, 9.17) is 4.74 Å². The van der Waals surface area contributed by atoms with Crippen molar-refractivity contribution < 1.29 is 9.84 Å². The molecule has 1 fully saturated rings. The van der Waals surface area contributed by atoms with Crippen molar-refractivity contribution in [1.82, 2.24) is 9.97 Å². The van der Waals surface area contributed by atoms with Gasteiger partial charge in [0.2, 0.25) is 0 Å². The summed E-state index contributed by atoms with van der Waals surface area (Å²) >= 11 is 1.61. The maximum Gasteiger partial charge on any atom is 0.158 e. The number of methoxy groups -OCH3 is 1. The molecule has 0 amide bonds. The van der Waals surface area contributed by atoms with Crippen molar-refractivity contribution in [3.05, 3.63) is 41.5 Å². The second-order valence-corrected chi connectivity index (χ2v) is 7.76. The van der Waals surface area contributed by atoms with E-state index in [0.29, 0.717) is 19.0 Å². The molecular weight excluding hydrogens is 346 g/mol. The first-order valence-corrected chi connectivity index (χ1v) is 9.85. The zero-order chi connectivity index (χ0) is 18.0. The normalized spacial score (nSPS) is 16.2. The molecule has 2 aromatic heterocycles. The number of benzene rings is 1. The van der Waals surface area contributed by atoms with E-state index < -0.39 is 5.60 Å². The zero-order valence-electron chi connectivity index (χ0n) is 14.9. The molecule has 1 aliphatic rings. The van der Waals surface area contributed by atoms with Gasteiger partial charge in [-0.3, -0.25) is 0 Å². The highest BCUT2D eigenvalue weighted by Crippen LogP contribution is 2.38. The Bertz CT molecular complexity index is 889. The molecule has 1 aromatic carbocycles. The fourth-order valence-electron chi connectivity index (χ4n) is 3.60. The van der Waals surface area contributed by atoms with Gasteiger partial charge in [-0.25, -0.2) is 9.97 Å². The number of anilines is 1. The van der Waals surface area contributed by atoms with E-state index in [9.17, 15) is 5.11 Å². The highest BCUT2D eigenvalue weighted by Gasteiger charge is 2.31. The van der Waals surface area contributed by atoms with Crippen LogP contribution in [0.15, 0.2) is 35.7 Å². The second-order valence-electron chi connectivity index (χ2n) is 6.90. The number of rotatable bonds is 6.